The van der Waals surface area contributed by atoms with E-state index in [1.165, 1.54) is 11.6 Å². The van der Waals surface area contributed by atoms with E-state index in [1.807, 2.05) is 27.7 Å². The van der Waals surface area contributed by atoms with E-state index in [0.29, 0.717) is 12.8 Å². The Labute approximate surface area is 178 Å². The minimum atomic E-state index is -1.15. The molecule has 0 amide bonds. The van der Waals surface area contributed by atoms with Crippen molar-refractivity contribution < 1.29 is 28.8 Å². The highest BCUT2D eigenvalue weighted by Gasteiger charge is 2.67. The minimum absolute atomic E-state index is 0.0178. The van der Waals surface area contributed by atoms with Crippen molar-refractivity contribution >= 4 is 17.6 Å². The molecule has 164 valence electrons. The van der Waals surface area contributed by atoms with Gasteiger partial charge in [0.25, 0.3) is 0 Å². The quantitative estimate of drug-likeness (QED) is 0.210. The fourth-order valence-electron chi connectivity index (χ4n) is 4.59. The van der Waals surface area contributed by atoms with Gasteiger partial charge in [-0.2, -0.15) is 0 Å². The zero-order valence-corrected chi connectivity index (χ0v) is 18.6. The van der Waals surface area contributed by atoms with Crippen molar-refractivity contribution in [1.29, 1.82) is 0 Å². The maximum atomic E-state index is 12.3. The van der Waals surface area contributed by atoms with Gasteiger partial charge in [0.2, 0.25) is 0 Å². The lowest BCUT2D eigenvalue weighted by atomic mass is 9.66. The Balaban J connectivity index is 1.74. The Kier molecular flexibility index (Phi) is 6.81. The number of halogens is 1. The summed E-state index contributed by atoms with van der Waals surface area (Å²) in [4.78, 5) is 12.3. The SMILES string of the molecule is COC1C(OC(=O)C=CC2OC2C)CCC(O)(CCl)C1C1(C)OC1CC=C(C)C. The number of carbonyl (C=O) groups is 1. The second kappa shape index (κ2) is 8.67. The summed E-state index contributed by atoms with van der Waals surface area (Å²) in [5, 5.41) is 11.3. The van der Waals surface area contributed by atoms with Crippen LogP contribution in [0.4, 0.5) is 0 Å². The van der Waals surface area contributed by atoms with Gasteiger partial charge in [0.1, 0.15) is 23.9 Å². The van der Waals surface area contributed by atoms with Gasteiger partial charge in [0.15, 0.2) is 0 Å². The Morgan fingerprint density at radius 3 is 2.62 bits per heavy atom. The zero-order valence-electron chi connectivity index (χ0n) is 17.9. The minimum Gasteiger partial charge on any atom is -0.456 e. The Morgan fingerprint density at radius 1 is 1.38 bits per heavy atom. The Hall–Kier alpha value is -0.920. The van der Waals surface area contributed by atoms with Gasteiger partial charge in [-0.15, -0.1) is 11.6 Å². The Bertz CT molecular complexity index is 674. The predicted octanol–water partition coefficient (Wildman–Crippen LogP) is 3.15. The molecule has 1 saturated carbocycles. The summed E-state index contributed by atoms with van der Waals surface area (Å²) >= 11 is 6.20. The number of allylic oxidation sites excluding steroid dienone is 1. The van der Waals surface area contributed by atoms with E-state index in [4.69, 9.17) is 30.5 Å². The van der Waals surface area contributed by atoms with Crippen molar-refractivity contribution in [2.75, 3.05) is 13.0 Å². The van der Waals surface area contributed by atoms with Gasteiger partial charge in [-0.1, -0.05) is 11.6 Å². The van der Waals surface area contributed by atoms with Crippen LogP contribution in [-0.2, 0) is 23.7 Å². The van der Waals surface area contributed by atoms with Gasteiger partial charge in [-0.3, -0.25) is 0 Å². The van der Waals surface area contributed by atoms with Crippen molar-refractivity contribution in [2.24, 2.45) is 5.92 Å². The summed E-state index contributed by atoms with van der Waals surface area (Å²) in [6.45, 7) is 8.02. The highest BCUT2D eigenvalue weighted by Crippen LogP contribution is 2.54. The van der Waals surface area contributed by atoms with E-state index < -0.39 is 35.3 Å². The topological polar surface area (TPSA) is 80.8 Å². The van der Waals surface area contributed by atoms with Crippen LogP contribution >= 0.6 is 11.6 Å². The number of epoxide rings is 2. The number of aliphatic hydroxyl groups is 1. The van der Waals surface area contributed by atoms with Crippen LogP contribution < -0.4 is 0 Å². The average molecular weight is 429 g/mol. The number of methoxy groups -OCH3 is 1. The van der Waals surface area contributed by atoms with Gasteiger partial charge in [-0.05, 0) is 53.0 Å². The fraction of sp³-hybridized carbons (Fsp3) is 0.773. The van der Waals surface area contributed by atoms with E-state index in [9.17, 15) is 9.90 Å². The average Bonchev–Trinajstić information content (AvgIpc) is 3.56. The summed E-state index contributed by atoms with van der Waals surface area (Å²) in [6.07, 6.45) is 6.01. The highest BCUT2D eigenvalue weighted by atomic mass is 35.5. The van der Waals surface area contributed by atoms with Gasteiger partial charge in [0, 0.05) is 13.2 Å². The molecule has 2 heterocycles. The van der Waals surface area contributed by atoms with Crippen molar-refractivity contribution in [3.05, 3.63) is 23.8 Å². The molecule has 8 unspecified atom stereocenters. The molecule has 0 spiro atoms. The number of hydrogen-bond donors (Lipinski definition) is 1. The molecular weight excluding hydrogens is 396 g/mol. The summed E-state index contributed by atoms with van der Waals surface area (Å²) in [6, 6.07) is 0. The first kappa shape index (κ1) is 22.8. The maximum Gasteiger partial charge on any atom is 0.330 e. The molecule has 2 saturated heterocycles. The molecule has 3 fully saturated rings. The van der Waals surface area contributed by atoms with E-state index in [1.54, 1.807) is 13.2 Å². The number of esters is 1. The summed E-state index contributed by atoms with van der Waals surface area (Å²) in [7, 11) is 1.57. The van der Waals surface area contributed by atoms with Crippen molar-refractivity contribution in [3.8, 4) is 0 Å². The third-order valence-electron chi connectivity index (χ3n) is 6.42. The summed E-state index contributed by atoms with van der Waals surface area (Å²) < 4.78 is 22.8. The van der Waals surface area contributed by atoms with Crippen LogP contribution in [-0.4, -0.2) is 65.8 Å². The number of rotatable bonds is 8. The molecule has 3 aliphatic rings. The van der Waals surface area contributed by atoms with E-state index >= 15 is 0 Å². The van der Waals surface area contributed by atoms with E-state index in [0.717, 1.165) is 6.42 Å². The lowest BCUT2D eigenvalue weighted by Crippen LogP contribution is -2.61. The lowest BCUT2D eigenvalue weighted by Gasteiger charge is -2.48. The van der Waals surface area contributed by atoms with E-state index in [-0.39, 0.29) is 24.2 Å². The molecule has 1 N–H and O–H groups in total. The summed E-state index contributed by atoms with van der Waals surface area (Å²) in [5.41, 5.74) is -0.517. The number of ether oxygens (including phenoxy) is 4. The largest absolute Gasteiger partial charge is 0.456 e. The molecule has 8 atom stereocenters. The third-order valence-corrected chi connectivity index (χ3v) is 6.89. The van der Waals surface area contributed by atoms with Crippen LogP contribution in [0.1, 0.15) is 47.0 Å². The normalized spacial score (nSPS) is 43.8. The highest BCUT2D eigenvalue weighted by molar-refractivity contribution is 6.18. The van der Waals surface area contributed by atoms with Crippen molar-refractivity contribution in [2.45, 2.75) is 88.7 Å². The van der Waals surface area contributed by atoms with Gasteiger partial charge >= 0.3 is 5.97 Å². The van der Waals surface area contributed by atoms with Crippen LogP contribution in [0.5, 0.6) is 0 Å². The van der Waals surface area contributed by atoms with Crippen LogP contribution in [0.3, 0.4) is 0 Å². The van der Waals surface area contributed by atoms with Crippen molar-refractivity contribution in [1.82, 2.24) is 0 Å². The van der Waals surface area contributed by atoms with Crippen molar-refractivity contribution in [3.63, 3.8) is 0 Å². The second-order valence-corrected chi connectivity index (χ2v) is 9.17. The lowest BCUT2D eigenvalue weighted by molar-refractivity contribution is -0.189. The smallest absolute Gasteiger partial charge is 0.330 e. The van der Waals surface area contributed by atoms with Crippen LogP contribution in [0.2, 0.25) is 0 Å². The molecule has 0 bridgehead atoms. The monoisotopic (exact) mass is 428 g/mol. The molecule has 0 radical (unpaired) electrons. The van der Waals surface area contributed by atoms with Gasteiger partial charge < -0.3 is 24.1 Å². The molecule has 7 heteroatoms. The van der Waals surface area contributed by atoms with Crippen LogP contribution in [0.15, 0.2) is 23.8 Å². The molecule has 3 rings (SSSR count). The first-order valence-corrected chi connectivity index (χ1v) is 10.8. The second-order valence-electron chi connectivity index (χ2n) is 8.90. The molecular formula is C22H33ClO6. The maximum absolute atomic E-state index is 12.3. The molecule has 1 aliphatic carbocycles. The number of carbonyl (C=O) groups excluding carboxylic acids is 1. The van der Waals surface area contributed by atoms with Gasteiger partial charge in [0.05, 0.1) is 29.6 Å². The van der Waals surface area contributed by atoms with E-state index in [2.05, 4.69) is 6.08 Å². The first-order valence-electron chi connectivity index (χ1n) is 10.3. The van der Waals surface area contributed by atoms with Crippen LogP contribution in [0.25, 0.3) is 0 Å². The molecule has 0 aromatic rings. The number of alkyl halides is 1. The molecule has 0 aromatic heterocycles. The first-order chi connectivity index (χ1) is 13.6. The zero-order chi connectivity index (χ0) is 21.4. The standard InChI is InChI=1S/C22H33ClO6/c1-13(2)6-8-17-21(4,29-17)20-19(26-5)16(10-11-22(20,25)12-23)28-18(24)9-7-15-14(3)27-15/h6-7,9,14-17,19-20,25H,8,10-12H2,1-5H3. The summed E-state index contributed by atoms with van der Waals surface area (Å²) in [5.74, 6) is -0.767. The predicted molar refractivity (Wildman–Crippen MR) is 110 cm³/mol. The molecule has 0 aromatic carbocycles. The number of hydrogen-bond acceptors (Lipinski definition) is 6. The van der Waals surface area contributed by atoms with Crippen LogP contribution in [0, 0.1) is 5.92 Å². The Morgan fingerprint density at radius 2 is 2.07 bits per heavy atom. The molecule has 6 nitrogen and oxygen atoms in total. The molecule has 2 aliphatic heterocycles. The fourth-order valence-corrected chi connectivity index (χ4v) is 4.89. The third kappa shape index (κ3) is 4.88. The molecule has 29 heavy (non-hydrogen) atoms. The van der Waals surface area contributed by atoms with Gasteiger partial charge in [-0.25, -0.2) is 4.79 Å².